The van der Waals surface area contributed by atoms with Crippen LogP contribution in [0.25, 0.3) is 16.5 Å². The number of anilines is 1. The fourth-order valence-electron chi connectivity index (χ4n) is 2.42. The van der Waals surface area contributed by atoms with E-state index in [2.05, 4.69) is 21.2 Å². The van der Waals surface area contributed by atoms with Crippen LogP contribution in [0.2, 0.25) is 0 Å². The van der Waals surface area contributed by atoms with Crippen LogP contribution in [0.5, 0.6) is 0 Å². The van der Waals surface area contributed by atoms with E-state index in [-0.39, 0.29) is 11.3 Å². The number of carbonyl (C=O) groups excluding carboxylic acids is 1. The molecule has 0 aliphatic rings. The molecule has 0 aliphatic carbocycles. The molecule has 0 fully saturated rings. The number of rotatable bonds is 5. The Balaban J connectivity index is 1.89. The number of hydrogen-bond acceptors (Lipinski definition) is 3. The zero-order valence-corrected chi connectivity index (χ0v) is 16.2. The fourth-order valence-corrected chi connectivity index (χ4v) is 3.68. The predicted octanol–water partition coefficient (Wildman–Crippen LogP) is 5.82. The Morgan fingerprint density at radius 1 is 1.07 bits per heavy atom. The van der Waals surface area contributed by atoms with Crippen LogP contribution in [0.1, 0.15) is 15.9 Å². The number of halogens is 2. The number of benzene rings is 2. The Hall–Kier alpha value is -2.77. The molecule has 2 aromatic carbocycles. The van der Waals surface area contributed by atoms with Gasteiger partial charge in [0.25, 0.3) is 5.91 Å². The van der Waals surface area contributed by atoms with Crippen LogP contribution in [0.15, 0.2) is 70.3 Å². The van der Waals surface area contributed by atoms with Crippen molar-refractivity contribution < 1.29 is 19.1 Å². The summed E-state index contributed by atoms with van der Waals surface area (Å²) in [5, 5.41) is 13.4. The second-order valence-electron chi connectivity index (χ2n) is 5.52. The van der Waals surface area contributed by atoms with Gasteiger partial charge >= 0.3 is 5.97 Å². The van der Waals surface area contributed by atoms with E-state index in [4.69, 9.17) is 0 Å². The highest BCUT2D eigenvalue weighted by Crippen LogP contribution is 2.36. The highest BCUT2D eigenvalue weighted by Gasteiger charge is 2.22. The molecule has 0 bridgehead atoms. The van der Waals surface area contributed by atoms with E-state index in [1.165, 1.54) is 16.7 Å². The first-order valence-electron chi connectivity index (χ1n) is 7.80. The molecule has 136 valence electrons. The van der Waals surface area contributed by atoms with Crippen LogP contribution >= 0.6 is 27.3 Å². The van der Waals surface area contributed by atoms with E-state index in [9.17, 15) is 19.1 Å². The van der Waals surface area contributed by atoms with Crippen molar-refractivity contribution >= 4 is 50.9 Å². The van der Waals surface area contributed by atoms with E-state index in [1.807, 2.05) is 0 Å². The Bertz CT molecular complexity index is 1010. The summed E-state index contributed by atoms with van der Waals surface area (Å²) in [6.07, 6.45) is 1.10. The maximum atomic E-state index is 14.2. The number of amides is 1. The van der Waals surface area contributed by atoms with Gasteiger partial charge in [-0.05, 0) is 29.3 Å². The third-order valence-corrected chi connectivity index (χ3v) is 5.23. The van der Waals surface area contributed by atoms with E-state index >= 15 is 0 Å². The third kappa shape index (κ3) is 4.50. The van der Waals surface area contributed by atoms with Crippen LogP contribution in [-0.2, 0) is 4.79 Å². The minimum absolute atomic E-state index is 0.0621. The van der Waals surface area contributed by atoms with Gasteiger partial charge in [-0.15, -0.1) is 11.3 Å². The second-order valence-corrected chi connectivity index (χ2v) is 7.32. The molecular formula is C20H13BrFNO3S. The molecule has 2 N–H and O–H groups in total. The van der Waals surface area contributed by atoms with Crippen LogP contribution in [0.3, 0.4) is 0 Å². The second kappa shape index (κ2) is 8.28. The van der Waals surface area contributed by atoms with Gasteiger partial charge in [0, 0.05) is 9.85 Å². The minimum Gasteiger partial charge on any atom is -0.478 e. The van der Waals surface area contributed by atoms with Gasteiger partial charge in [0.1, 0.15) is 5.56 Å². The van der Waals surface area contributed by atoms with Crippen molar-refractivity contribution in [2.45, 2.75) is 0 Å². The maximum Gasteiger partial charge on any atom is 0.339 e. The lowest BCUT2D eigenvalue weighted by molar-refractivity contribution is -0.114. The zero-order chi connectivity index (χ0) is 19.4. The van der Waals surface area contributed by atoms with Gasteiger partial charge in [0.15, 0.2) is 5.83 Å². The van der Waals surface area contributed by atoms with Crippen molar-refractivity contribution in [2.24, 2.45) is 0 Å². The number of nitrogens with one attached hydrogen (secondary N) is 1. The van der Waals surface area contributed by atoms with E-state index in [1.54, 1.807) is 54.6 Å². The van der Waals surface area contributed by atoms with Crippen molar-refractivity contribution in [1.82, 2.24) is 0 Å². The van der Waals surface area contributed by atoms with Crippen molar-refractivity contribution in [3.05, 3.63) is 81.4 Å². The van der Waals surface area contributed by atoms with Crippen molar-refractivity contribution in [3.8, 4) is 10.4 Å². The molecular weight excluding hydrogens is 433 g/mol. The molecule has 0 radical (unpaired) electrons. The summed E-state index contributed by atoms with van der Waals surface area (Å²) in [7, 11) is 0. The zero-order valence-electron chi connectivity index (χ0n) is 13.8. The summed E-state index contributed by atoms with van der Waals surface area (Å²) in [5.74, 6) is -3.20. The van der Waals surface area contributed by atoms with Crippen molar-refractivity contribution in [3.63, 3.8) is 0 Å². The molecule has 0 saturated heterocycles. The molecule has 7 heteroatoms. The molecule has 3 aromatic rings. The first-order valence-corrected chi connectivity index (χ1v) is 9.47. The van der Waals surface area contributed by atoms with Gasteiger partial charge in [-0.2, -0.15) is 0 Å². The first kappa shape index (κ1) is 19.0. The molecule has 1 heterocycles. The smallest absolute Gasteiger partial charge is 0.339 e. The topological polar surface area (TPSA) is 66.4 Å². The lowest BCUT2D eigenvalue weighted by Gasteiger charge is -2.05. The number of hydrogen-bond donors (Lipinski definition) is 2. The van der Waals surface area contributed by atoms with E-state index in [0.29, 0.717) is 16.0 Å². The lowest BCUT2D eigenvalue weighted by atomic mass is 10.1. The third-order valence-electron chi connectivity index (χ3n) is 3.67. The number of carboxylic acids is 1. The predicted molar refractivity (Wildman–Crippen MR) is 109 cm³/mol. The Labute approximate surface area is 167 Å². The highest BCUT2D eigenvalue weighted by molar-refractivity contribution is 9.10. The summed E-state index contributed by atoms with van der Waals surface area (Å²) in [6.45, 7) is 0. The SMILES string of the molecule is O=C(Nc1csc(-c2ccc(Br)cc2)c1C(=O)O)/C(F)=C/c1ccccc1. The van der Waals surface area contributed by atoms with Gasteiger partial charge in [0.2, 0.25) is 0 Å². The average Bonchev–Trinajstić information content (AvgIpc) is 3.07. The van der Waals surface area contributed by atoms with Gasteiger partial charge in [0.05, 0.1) is 10.6 Å². The Kier molecular flexibility index (Phi) is 5.83. The molecule has 0 unspecified atom stereocenters. The molecule has 0 aliphatic heterocycles. The van der Waals surface area contributed by atoms with Gasteiger partial charge in [-0.1, -0.05) is 58.4 Å². The molecule has 1 aromatic heterocycles. The first-order chi connectivity index (χ1) is 13.0. The van der Waals surface area contributed by atoms with Crippen molar-refractivity contribution in [2.75, 3.05) is 5.32 Å². The Morgan fingerprint density at radius 3 is 2.37 bits per heavy atom. The summed E-state index contributed by atoms with van der Waals surface area (Å²) in [4.78, 5) is 24.3. The quantitative estimate of drug-likeness (QED) is 0.485. The van der Waals surface area contributed by atoms with Crippen LogP contribution in [-0.4, -0.2) is 17.0 Å². The number of aromatic carboxylic acids is 1. The monoisotopic (exact) mass is 445 g/mol. The number of carbonyl (C=O) groups is 2. The Morgan fingerprint density at radius 2 is 1.74 bits per heavy atom. The molecule has 0 saturated carbocycles. The molecule has 0 atom stereocenters. The molecule has 27 heavy (non-hydrogen) atoms. The van der Waals surface area contributed by atoms with Crippen LogP contribution in [0.4, 0.5) is 10.1 Å². The highest BCUT2D eigenvalue weighted by atomic mass is 79.9. The van der Waals surface area contributed by atoms with Gasteiger partial charge < -0.3 is 10.4 Å². The number of carboxylic acid groups (broad SMARTS) is 1. The summed E-state index contributed by atoms with van der Waals surface area (Å²) in [6, 6.07) is 15.7. The van der Waals surface area contributed by atoms with E-state index < -0.39 is 17.7 Å². The summed E-state index contributed by atoms with van der Waals surface area (Å²) in [5.41, 5.74) is 1.22. The van der Waals surface area contributed by atoms with Gasteiger partial charge in [-0.3, -0.25) is 4.79 Å². The molecule has 1 amide bonds. The van der Waals surface area contributed by atoms with Crippen molar-refractivity contribution in [1.29, 1.82) is 0 Å². The maximum absolute atomic E-state index is 14.2. The fraction of sp³-hybridized carbons (Fsp3) is 0. The largest absolute Gasteiger partial charge is 0.478 e. The van der Waals surface area contributed by atoms with Gasteiger partial charge in [-0.25, -0.2) is 9.18 Å². The molecule has 4 nitrogen and oxygen atoms in total. The van der Waals surface area contributed by atoms with E-state index in [0.717, 1.165) is 10.5 Å². The number of thiophene rings is 1. The summed E-state index contributed by atoms with van der Waals surface area (Å²) >= 11 is 4.50. The average molecular weight is 446 g/mol. The van der Waals surface area contributed by atoms with Crippen LogP contribution < -0.4 is 5.32 Å². The standard InChI is InChI=1S/C20H13BrFNO3S/c21-14-8-6-13(7-9-14)18-17(20(25)26)16(11-27-18)23-19(24)15(22)10-12-4-2-1-3-5-12/h1-11H,(H,23,24)(H,25,26)/b15-10-. The summed E-state index contributed by atoms with van der Waals surface area (Å²) < 4.78 is 15.0. The molecule has 3 rings (SSSR count). The van der Waals surface area contributed by atoms with Crippen LogP contribution in [0, 0.1) is 0 Å². The minimum atomic E-state index is -1.20. The molecule has 0 spiro atoms. The lowest BCUT2D eigenvalue weighted by Crippen LogP contribution is -2.14. The normalized spacial score (nSPS) is 11.3.